The summed E-state index contributed by atoms with van der Waals surface area (Å²) in [5.41, 5.74) is 1.46. The van der Waals surface area contributed by atoms with Gasteiger partial charge < -0.3 is 5.32 Å². The summed E-state index contributed by atoms with van der Waals surface area (Å²) in [5.74, 6) is -0.0670. The van der Waals surface area contributed by atoms with Crippen LogP contribution in [0.4, 0.5) is 0 Å². The highest BCUT2D eigenvalue weighted by Gasteiger charge is 2.10. The average molecular weight is 207 g/mol. The maximum absolute atomic E-state index is 11.6. The van der Waals surface area contributed by atoms with Gasteiger partial charge in [0.05, 0.1) is 5.69 Å². The van der Waals surface area contributed by atoms with Crippen molar-refractivity contribution in [2.24, 2.45) is 7.05 Å². The first kappa shape index (κ1) is 11.5. The maximum Gasteiger partial charge on any atom is 0.269 e. The minimum Gasteiger partial charge on any atom is -0.350 e. The van der Waals surface area contributed by atoms with Crippen LogP contribution in [0.25, 0.3) is 0 Å². The van der Waals surface area contributed by atoms with Crippen LogP contribution in [0.2, 0.25) is 0 Å². The number of nitrogens with one attached hydrogen (secondary N) is 1. The Labute approximate surface area is 90.0 Å². The first-order valence-electron chi connectivity index (χ1n) is 5.05. The van der Waals surface area contributed by atoms with Crippen molar-refractivity contribution < 1.29 is 4.79 Å². The average Bonchev–Trinajstić information content (AvgIpc) is 2.52. The number of aromatic nitrogens is 2. The van der Waals surface area contributed by atoms with E-state index in [0.717, 1.165) is 12.1 Å². The fourth-order valence-corrected chi connectivity index (χ4v) is 1.35. The van der Waals surface area contributed by atoms with Crippen LogP contribution in [0, 0.1) is 6.92 Å². The van der Waals surface area contributed by atoms with Crippen molar-refractivity contribution in [3.05, 3.63) is 29.6 Å². The molecule has 1 aromatic heterocycles. The molecule has 0 aromatic carbocycles. The van der Waals surface area contributed by atoms with Gasteiger partial charge in [-0.2, -0.15) is 5.10 Å². The highest BCUT2D eigenvalue weighted by molar-refractivity contribution is 5.92. The van der Waals surface area contributed by atoms with Crippen LogP contribution in [0.15, 0.2) is 18.2 Å². The molecule has 0 bridgehead atoms. The van der Waals surface area contributed by atoms with E-state index in [-0.39, 0.29) is 5.91 Å². The third-order valence-corrected chi connectivity index (χ3v) is 2.07. The molecule has 4 heteroatoms. The normalized spacial score (nSPS) is 10.9. The molecule has 1 rings (SSSR count). The largest absolute Gasteiger partial charge is 0.350 e. The lowest BCUT2D eigenvalue weighted by molar-refractivity contribution is 0.0945. The number of allylic oxidation sites excluding steroid dienone is 1. The van der Waals surface area contributed by atoms with E-state index in [1.807, 2.05) is 26.0 Å². The zero-order chi connectivity index (χ0) is 11.3. The summed E-state index contributed by atoms with van der Waals surface area (Å²) in [5, 5.41) is 6.96. The summed E-state index contributed by atoms with van der Waals surface area (Å²) in [6, 6.07) is 1.78. The lowest BCUT2D eigenvalue weighted by atomic mass is 10.3. The molecule has 1 heterocycles. The van der Waals surface area contributed by atoms with Crippen LogP contribution in [0.5, 0.6) is 0 Å². The van der Waals surface area contributed by atoms with Gasteiger partial charge in [0.25, 0.3) is 5.91 Å². The number of carbonyl (C=O) groups excluding carboxylic acids is 1. The SMILES string of the molecule is C/C=C/CCNC(=O)c1cc(C)nn1C. The van der Waals surface area contributed by atoms with E-state index in [1.165, 1.54) is 0 Å². The lowest BCUT2D eigenvalue weighted by Gasteiger charge is -2.02. The first-order valence-corrected chi connectivity index (χ1v) is 5.05. The van der Waals surface area contributed by atoms with Crippen molar-refractivity contribution in [3.8, 4) is 0 Å². The summed E-state index contributed by atoms with van der Waals surface area (Å²) in [6.07, 6.45) is 4.86. The fourth-order valence-electron chi connectivity index (χ4n) is 1.35. The first-order chi connectivity index (χ1) is 7.15. The Hall–Kier alpha value is -1.58. The lowest BCUT2D eigenvalue weighted by Crippen LogP contribution is -2.26. The minimum atomic E-state index is -0.0670. The molecule has 1 amide bonds. The second-order valence-corrected chi connectivity index (χ2v) is 3.41. The Bertz CT molecular complexity index is 366. The number of amides is 1. The molecule has 0 aliphatic heterocycles. The van der Waals surface area contributed by atoms with Gasteiger partial charge in [-0.1, -0.05) is 12.2 Å². The second kappa shape index (κ2) is 5.34. The van der Waals surface area contributed by atoms with E-state index < -0.39 is 0 Å². The van der Waals surface area contributed by atoms with E-state index in [2.05, 4.69) is 10.4 Å². The number of carbonyl (C=O) groups is 1. The summed E-state index contributed by atoms with van der Waals surface area (Å²) in [4.78, 5) is 11.6. The number of rotatable bonds is 4. The van der Waals surface area contributed by atoms with Gasteiger partial charge in [-0.3, -0.25) is 9.48 Å². The fraction of sp³-hybridized carbons (Fsp3) is 0.455. The monoisotopic (exact) mass is 207 g/mol. The Morgan fingerprint density at radius 2 is 2.40 bits per heavy atom. The van der Waals surface area contributed by atoms with Crippen LogP contribution in [-0.4, -0.2) is 22.2 Å². The van der Waals surface area contributed by atoms with Crippen LogP contribution in [0.1, 0.15) is 29.5 Å². The molecule has 0 saturated carbocycles. The molecule has 1 aromatic rings. The third-order valence-electron chi connectivity index (χ3n) is 2.07. The smallest absolute Gasteiger partial charge is 0.269 e. The molecule has 0 spiro atoms. The molecule has 0 radical (unpaired) electrons. The van der Waals surface area contributed by atoms with Gasteiger partial charge in [0, 0.05) is 13.6 Å². The molecule has 0 aliphatic carbocycles. The Morgan fingerprint density at radius 1 is 1.67 bits per heavy atom. The molecule has 82 valence electrons. The zero-order valence-electron chi connectivity index (χ0n) is 9.45. The minimum absolute atomic E-state index is 0.0670. The topological polar surface area (TPSA) is 46.9 Å². The predicted octanol–water partition coefficient (Wildman–Crippen LogP) is 1.42. The van der Waals surface area contributed by atoms with Gasteiger partial charge in [-0.15, -0.1) is 0 Å². The van der Waals surface area contributed by atoms with Crippen LogP contribution < -0.4 is 5.32 Å². The number of hydrogen-bond donors (Lipinski definition) is 1. The third kappa shape index (κ3) is 3.23. The summed E-state index contributed by atoms with van der Waals surface area (Å²) < 4.78 is 1.60. The van der Waals surface area contributed by atoms with Gasteiger partial charge in [0.15, 0.2) is 0 Å². The van der Waals surface area contributed by atoms with Crippen molar-refractivity contribution in [3.63, 3.8) is 0 Å². The second-order valence-electron chi connectivity index (χ2n) is 3.41. The molecule has 1 N–H and O–H groups in total. The van der Waals surface area contributed by atoms with Crippen LogP contribution >= 0.6 is 0 Å². The van der Waals surface area contributed by atoms with Crippen molar-refractivity contribution in [2.45, 2.75) is 20.3 Å². The molecule has 0 aliphatic rings. The van der Waals surface area contributed by atoms with Crippen LogP contribution in [0.3, 0.4) is 0 Å². The molecule has 15 heavy (non-hydrogen) atoms. The standard InChI is InChI=1S/C11H17N3O/c1-4-5-6-7-12-11(15)10-8-9(2)13-14(10)3/h4-5,8H,6-7H2,1-3H3,(H,12,15)/b5-4+. The zero-order valence-corrected chi connectivity index (χ0v) is 9.45. The van der Waals surface area contributed by atoms with E-state index >= 15 is 0 Å². The number of aryl methyl sites for hydroxylation is 2. The Balaban J connectivity index is 2.50. The molecular weight excluding hydrogens is 190 g/mol. The van der Waals surface area contributed by atoms with Crippen molar-refractivity contribution in [2.75, 3.05) is 6.54 Å². The molecule has 0 saturated heterocycles. The van der Waals surface area contributed by atoms with Crippen molar-refractivity contribution in [1.29, 1.82) is 0 Å². The predicted molar refractivity (Wildman–Crippen MR) is 59.7 cm³/mol. The molecule has 0 unspecified atom stereocenters. The summed E-state index contributed by atoms with van der Waals surface area (Å²) in [7, 11) is 1.77. The van der Waals surface area contributed by atoms with Crippen molar-refractivity contribution >= 4 is 5.91 Å². The highest BCUT2D eigenvalue weighted by atomic mass is 16.2. The number of nitrogens with zero attached hydrogens (tertiary/aromatic N) is 2. The van der Waals surface area contributed by atoms with E-state index in [9.17, 15) is 4.79 Å². The molecular formula is C11H17N3O. The van der Waals surface area contributed by atoms with Gasteiger partial charge in [-0.05, 0) is 26.3 Å². The van der Waals surface area contributed by atoms with Gasteiger partial charge in [0.1, 0.15) is 5.69 Å². The maximum atomic E-state index is 11.6. The van der Waals surface area contributed by atoms with E-state index in [4.69, 9.17) is 0 Å². The summed E-state index contributed by atoms with van der Waals surface area (Å²) in [6.45, 7) is 4.50. The highest BCUT2D eigenvalue weighted by Crippen LogP contribution is 2.01. The Kier molecular flexibility index (Phi) is 4.09. The van der Waals surface area contributed by atoms with Gasteiger partial charge >= 0.3 is 0 Å². The Morgan fingerprint density at radius 3 is 2.93 bits per heavy atom. The molecule has 0 fully saturated rings. The van der Waals surface area contributed by atoms with E-state index in [0.29, 0.717) is 12.2 Å². The summed E-state index contributed by atoms with van der Waals surface area (Å²) >= 11 is 0. The van der Waals surface area contributed by atoms with Gasteiger partial charge in [-0.25, -0.2) is 0 Å². The van der Waals surface area contributed by atoms with Crippen LogP contribution in [-0.2, 0) is 7.05 Å². The molecule has 0 atom stereocenters. The quantitative estimate of drug-likeness (QED) is 0.599. The molecule has 4 nitrogen and oxygen atoms in total. The van der Waals surface area contributed by atoms with Crippen molar-refractivity contribution in [1.82, 2.24) is 15.1 Å². The number of hydrogen-bond acceptors (Lipinski definition) is 2. The van der Waals surface area contributed by atoms with Gasteiger partial charge in [0.2, 0.25) is 0 Å². The van der Waals surface area contributed by atoms with E-state index in [1.54, 1.807) is 17.8 Å².